The van der Waals surface area contributed by atoms with E-state index in [2.05, 4.69) is 77.4 Å². The summed E-state index contributed by atoms with van der Waals surface area (Å²) in [6, 6.07) is 0. The molecule has 0 aromatic heterocycles. The van der Waals surface area contributed by atoms with Gasteiger partial charge in [-0.05, 0) is 88.2 Å². The van der Waals surface area contributed by atoms with Crippen LogP contribution in [0.1, 0.15) is 93.9 Å². The quantitative estimate of drug-likeness (QED) is 0.391. The van der Waals surface area contributed by atoms with Crippen molar-refractivity contribution in [3.05, 3.63) is 23.3 Å². The summed E-state index contributed by atoms with van der Waals surface area (Å²) in [7, 11) is 0. The summed E-state index contributed by atoms with van der Waals surface area (Å²) in [5, 5.41) is 0. The molecule has 2 atom stereocenters. The summed E-state index contributed by atoms with van der Waals surface area (Å²) in [6.45, 7) is 17.3. The van der Waals surface area contributed by atoms with Crippen molar-refractivity contribution in [1.82, 2.24) is 0 Å². The first kappa shape index (κ1) is 21.9. The molecule has 0 aromatic carbocycles. The highest BCUT2D eigenvalue weighted by Crippen LogP contribution is 2.44. The number of hydrogen-bond acceptors (Lipinski definition) is 1. The first-order valence-electron chi connectivity index (χ1n) is 10.5. The van der Waals surface area contributed by atoms with Gasteiger partial charge in [0.15, 0.2) is 0 Å². The first-order chi connectivity index (χ1) is 12.5. The molecule has 0 saturated heterocycles. The molecule has 0 fully saturated rings. The lowest BCUT2D eigenvalue weighted by Gasteiger charge is -2.42. The van der Waals surface area contributed by atoms with E-state index in [1.165, 1.54) is 36.8 Å². The molecule has 1 nitrogen and oxygen atoms in total. The van der Waals surface area contributed by atoms with Crippen molar-refractivity contribution < 1.29 is 4.74 Å². The average molecular weight is 367 g/mol. The largest absolute Gasteiger partial charge is 0.336 e. The van der Waals surface area contributed by atoms with Crippen molar-refractivity contribution in [3.63, 3.8) is 0 Å². The third-order valence-corrected chi connectivity index (χ3v) is 6.03. The van der Waals surface area contributed by atoms with E-state index in [-0.39, 0.29) is 10.8 Å². The Bertz CT molecular complexity index is 677. The van der Waals surface area contributed by atoms with Crippen molar-refractivity contribution in [2.24, 2.45) is 10.8 Å². The molecule has 0 saturated carbocycles. The maximum atomic E-state index is 6.89. The minimum Gasteiger partial charge on any atom is -0.336 e. The van der Waals surface area contributed by atoms with Crippen LogP contribution >= 0.6 is 0 Å². The lowest BCUT2D eigenvalue weighted by Crippen LogP contribution is -2.44. The van der Waals surface area contributed by atoms with Gasteiger partial charge < -0.3 is 4.74 Å². The number of rotatable bonds is 4. The van der Waals surface area contributed by atoms with Gasteiger partial charge >= 0.3 is 0 Å². The van der Waals surface area contributed by atoms with Crippen molar-refractivity contribution in [2.45, 2.75) is 105 Å². The molecule has 0 N–H and O–H groups in total. The third-order valence-electron chi connectivity index (χ3n) is 6.03. The third kappa shape index (κ3) is 5.30. The van der Waals surface area contributed by atoms with Gasteiger partial charge in [-0.2, -0.15) is 0 Å². The number of ether oxygens (including phenoxy) is 1. The van der Waals surface area contributed by atoms with Crippen LogP contribution in [-0.4, -0.2) is 11.2 Å². The Hall–Kier alpha value is -1.44. The second-order valence-electron chi connectivity index (χ2n) is 9.94. The Kier molecular flexibility index (Phi) is 6.39. The van der Waals surface area contributed by atoms with Crippen LogP contribution in [0.3, 0.4) is 0 Å². The van der Waals surface area contributed by atoms with Gasteiger partial charge in [0.1, 0.15) is 11.2 Å². The Morgan fingerprint density at radius 1 is 0.778 bits per heavy atom. The molecular formula is C26H38O. The van der Waals surface area contributed by atoms with Gasteiger partial charge in [0, 0.05) is 0 Å². The Morgan fingerprint density at radius 3 is 1.44 bits per heavy atom. The van der Waals surface area contributed by atoms with Gasteiger partial charge in [0.25, 0.3) is 0 Å². The summed E-state index contributed by atoms with van der Waals surface area (Å²) in [5.41, 5.74) is 1.82. The number of hydrogen-bond donors (Lipinski definition) is 0. The maximum absolute atomic E-state index is 6.89. The van der Waals surface area contributed by atoms with Gasteiger partial charge in [-0.3, -0.25) is 0 Å². The molecule has 2 aliphatic rings. The Labute approximate surface area is 168 Å². The maximum Gasteiger partial charge on any atom is 0.149 e. The highest BCUT2D eigenvalue weighted by atomic mass is 16.5. The predicted molar refractivity (Wildman–Crippen MR) is 116 cm³/mol. The van der Waals surface area contributed by atoms with Crippen molar-refractivity contribution in [1.29, 1.82) is 0 Å². The van der Waals surface area contributed by atoms with E-state index in [4.69, 9.17) is 4.74 Å². The van der Waals surface area contributed by atoms with Crippen LogP contribution in [0.5, 0.6) is 0 Å². The summed E-state index contributed by atoms with van der Waals surface area (Å²) in [4.78, 5) is 0. The molecule has 0 aromatic rings. The zero-order valence-electron chi connectivity index (χ0n) is 18.8. The van der Waals surface area contributed by atoms with Crippen molar-refractivity contribution >= 4 is 0 Å². The molecule has 2 unspecified atom stereocenters. The topological polar surface area (TPSA) is 9.23 Å². The van der Waals surface area contributed by atoms with Gasteiger partial charge in [0.2, 0.25) is 0 Å². The van der Waals surface area contributed by atoms with Gasteiger partial charge in [-0.1, -0.05) is 51.7 Å². The highest BCUT2D eigenvalue weighted by Gasteiger charge is 2.41. The van der Waals surface area contributed by atoms with Gasteiger partial charge in [0.05, 0.1) is 0 Å². The molecule has 148 valence electrons. The molecule has 0 aliphatic heterocycles. The van der Waals surface area contributed by atoms with Crippen molar-refractivity contribution in [3.8, 4) is 23.7 Å². The van der Waals surface area contributed by atoms with Crippen LogP contribution in [0, 0.1) is 34.5 Å². The monoisotopic (exact) mass is 366 g/mol. The molecule has 0 spiro atoms. The van der Waals surface area contributed by atoms with Crippen LogP contribution in [0.25, 0.3) is 0 Å². The highest BCUT2D eigenvalue weighted by molar-refractivity contribution is 5.38. The van der Waals surface area contributed by atoms with Crippen LogP contribution in [0.15, 0.2) is 23.3 Å². The van der Waals surface area contributed by atoms with Crippen molar-refractivity contribution in [2.75, 3.05) is 0 Å². The summed E-state index contributed by atoms with van der Waals surface area (Å²) in [5.74, 6) is 13.1. The fourth-order valence-electron chi connectivity index (χ4n) is 4.68. The smallest absolute Gasteiger partial charge is 0.149 e. The van der Waals surface area contributed by atoms with E-state index in [0.717, 1.165) is 12.8 Å². The van der Waals surface area contributed by atoms with Crippen LogP contribution in [0.2, 0.25) is 0 Å². The SMILES string of the molecule is CC#CC(C)(OC(C)(C#CC)C1=CC(C)(C)CCC1)C1=CC(C)(C)CCC1. The van der Waals surface area contributed by atoms with Gasteiger partial charge in [-0.15, -0.1) is 11.8 Å². The lowest BCUT2D eigenvalue weighted by molar-refractivity contribution is -0.0430. The van der Waals surface area contributed by atoms with Crippen LogP contribution < -0.4 is 0 Å². The summed E-state index contributed by atoms with van der Waals surface area (Å²) < 4.78 is 6.89. The molecule has 2 rings (SSSR count). The molecule has 27 heavy (non-hydrogen) atoms. The molecular weight excluding hydrogens is 328 g/mol. The summed E-state index contributed by atoms with van der Waals surface area (Å²) in [6.07, 6.45) is 11.7. The van der Waals surface area contributed by atoms with E-state index in [9.17, 15) is 0 Å². The van der Waals surface area contributed by atoms with Crippen LogP contribution in [0.4, 0.5) is 0 Å². The zero-order valence-corrected chi connectivity index (χ0v) is 18.8. The fraction of sp³-hybridized carbons (Fsp3) is 0.692. The Morgan fingerprint density at radius 2 is 1.15 bits per heavy atom. The lowest BCUT2D eigenvalue weighted by atomic mass is 9.73. The second kappa shape index (κ2) is 7.89. The second-order valence-corrected chi connectivity index (χ2v) is 9.94. The van der Waals surface area contributed by atoms with Gasteiger partial charge in [-0.25, -0.2) is 0 Å². The standard InChI is InChI=1S/C26H38O/c1-9-15-25(7,21-13-11-17-23(3,4)19-21)27-26(8,16-10-2)22-14-12-18-24(5,6)20-22/h19-20H,11-14,17-18H2,1-8H3. The minimum absolute atomic E-state index is 0.201. The summed E-state index contributed by atoms with van der Waals surface area (Å²) >= 11 is 0. The number of allylic oxidation sites excluding steroid dienone is 2. The molecule has 0 amide bonds. The minimum atomic E-state index is -0.604. The van der Waals surface area contributed by atoms with E-state index in [1.54, 1.807) is 0 Å². The predicted octanol–water partition coefficient (Wildman–Crippen LogP) is 6.84. The molecule has 2 aliphatic carbocycles. The molecule has 0 radical (unpaired) electrons. The molecule has 0 bridgehead atoms. The zero-order chi connectivity index (χ0) is 20.3. The van der Waals surface area contributed by atoms with E-state index in [1.807, 2.05) is 13.8 Å². The van der Waals surface area contributed by atoms with E-state index >= 15 is 0 Å². The molecule has 0 heterocycles. The van der Waals surface area contributed by atoms with Crippen LogP contribution in [-0.2, 0) is 4.74 Å². The fourth-order valence-corrected chi connectivity index (χ4v) is 4.68. The van der Waals surface area contributed by atoms with E-state index in [0.29, 0.717) is 0 Å². The Balaban J connectivity index is 2.50. The average Bonchev–Trinajstić information content (AvgIpc) is 2.53. The molecule has 1 heteroatoms. The van der Waals surface area contributed by atoms with E-state index < -0.39 is 11.2 Å². The first-order valence-corrected chi connectivity index (χ1v) is 10.5. The normalized spacial score (nSPS) is 25.3.